The molecule has 1 heterocycles. The van der Waals surface area contributed by atoms with E-state index < -0.39 is 0 Å². The second-order valence-electron chi connectivity index (χ2n) is 4.72. The molecule has 1 aromatic carbocycles. The van der Waals surface area contributed by atoms with E-state index in [2.05, 4.69) is 4.98 Å². The van der Waals surface area contributed by atoms with E-state index in [9.17, 15) is 4.79 Å². The van der Waals surface area contributed by atoms with Crippen LogP contribution in [0.4, 0.5) is 0 Å². The van der Waals surface area contributed by atoms with Crippen molar-refractivity contribution in [1.29, 1.82) is 0 Å². The average Bonchev–Trinajstić information content (AvgIpc) is 2.72. The Bertz CT molecular complexity index is 606. The fourth-order valence-corrected chi connectivity index (χ4v) is 2.26. The summed E-state index contributed by atoms with van der Waals surface area (Å²) in [5.41, 5.74) is 7.91. The Hall–Kier alpha value is -1.39. The van der Waals surface area contributed by atoms with Crippen LogP contribution < -0.4 is 5.73 Å². The Labute approximate surface area is 117 Å². The van der Waals surface area contributed by atoms with Gasteiger partial charge < -0.3 is 10.3 Å². The number of rotatable bonds is 5. The van der Waals surface area contributed by atoms with Gasteiger partial charge in [0.05, 0.1) is 17.1 Å². The average molecular weight is 280 g/mol. The van der Waals surface area contributed by atoms with Gasteiger partial charge in [-0.05, 0) is 31.5 Å². The summed E-state index contributed by atoms with van der Waals surface area (Å²) in [6, 6.07) is 5.46. The predicted molar refractivity (Wildman–Crippen MR) is 77.3 cm³/mol. The van der Waals surface area contributed by atoms with Crippen LogP contribution in [-0.2, 0) is 11.3 Å². The van der Waals surface area contributed by atoms with Gasteiger partial charge in [-0.15, -0.1) is 0 Å². The van der Waals surface area contributed by atoms with Gasteiger partial charge in [0.2, 0.25) is 0 Å². The van der Waals surface area contributed by atoms with E-state index in [1.54, 1.807) is 6.92 Å². The van der Waals surface area contributed by atoms with E-state index >= 15 is 0 Å². The van der Waals surface area contributed by atoms with E-state index in [4.69, 9.17) is 17.3 Å². The monoisotopic (exact) mass is 279 g/mol. The molecule has 0 amide bonds. The topological polar surface area (TPSA) is 60.9 Å². The normalized spacial score (nSPS) is 12.8. The van der Waals surface area contributed by atoms with Gasteiger partial charge in [0.15, 0.2) is 0 Å². The summed E-state index contributed by atoms with van der Waals surface area (Å²) in [5, 5.41) is 0.653. The number of nitrogens with two attached hydrogens (primary N) is 1. The molecule has 0 bridgehead atoms. The molecule has 0 saturated carbocycles. The quantitative estimate of drug-likeness (QED) is 0.915. The number of ketones is 1. The van der Waals surface area contributed by atoms with E-state index in [-0.39, 0.29) is 11.8 Å². The van der Waals surface area contributed by atoms with Gasteiger partial charge in [-0.3, -0.25) is 4.79 Å². The number of carbonyl (C=O) groups excluding carboxylic acids is 1. The van der Waals surface area contributed by atoms with Crippen LogP contribution in [0.15, 0.2) is 18.2 Å². The summed E-state index contributed by atoms with van der Waals surface area (Å²) < 4.78 is 2.03. The molecule has 0 fully saturated rings. The first-order valence-corrected chi connectivity index (χ1v) is 6.81. The van der Waals surface area contributed by atoms with Crippen molar-refractivity contribution in [2.45, 2.75) is 39.3 Å². The summed E-state index contributed by atoms with van der Waals surface area (Å²) in [6.07, 6.45) is 1.29. The van der Waals surface area contributed by atoms with Crippen molar-refractivity contribution in [3.8, 4) is 0 Å². The SMILES string of the molecule is CCC(N)c1nc2cc(Cl)ccc2n1CCC(C)=O. The van der Waals surface area contributed by atoms with Crippen molar-refractivity contribution in [2.24, 2.45) is 5.73 Å². The number of benzene rings is 1. The highest BCUT2D eigenvalue weighted by Crippen LogP contribution is 2.24. The molecule has 1 unspecified atom stereocenters. The van der Waals surface area contributed by atoms with Crippen LogP contribution in [0.3, 0.4) is 0 Å². The molecule has 2 N–H and O–H groups in total. The third-order valence-electron chi connectivity index (χ3n) is 3.20. The number of carbonyl (C=O) groups is 1. The first-order valence-electron chi connectivity index (χ1n) is 6.43. The number of imidazole rings is 1. The fourth-order valence-electron chi connectivity index (χ4n) is 2.09. The standard InChI is InChI=1S/C14H18ClN3O/c1-3-11(16)14-17-12-8-10(15)4-5-13(12)18(14)7-6-9(2)19/h4-5,8,11H,3,6-7,16H2,1-2H3. The van der Waals surface area contributed by atoms with Crippen LogP contribution in [0.1, 0.15) is 38.6 Å². The molecule has 1 atom stereocenters. The van der Waals surface area contributed by atoms with Crippen molar-refractivity contribution in [3.05, 3.63) is 29.0 Å². The van der Waals surface area contributed by atoms with Crippen LogP contribution >= 0.6 is 11.6 Å². The van der Waals surface area contributed by atoms with Crippen molar-refractivity contribution in [2.75, 3.05) is 0 Å². The van der Waals surface area contributed by atoms with Crippen LogP contribution in [0.25, 0.3) is 11.0 Å². The number of hydrogen-bond acceptors (Lipinski definition) is 3. The molecule has 19 heavy (non-hydrogen) atoms. The molecule has 2 rings (SSSR count). The zero-order valence-electron chi connectivity index (χ0n) is 11.2. The molecule has 5 heteroatoms. The lowest BCUT2D eigenvalue weighted by molar-refractivity contribution is -0.117. The Morgan fingerprint density at radius 2 is 2.26 bits per heavy atom. The fraction of sp³-hybridized carbons (Fsp3) is 0.429. The highest BCUT2D eigenvalue weighted by atomic mass is 35.5. The molecule has 1 aromatic heterocycles. The lowest BCUT2D eigenvalue weighted by Gasteiger charge is -2.12. The predicted octanol–water partition coefficient (Wildman–Crippen LogP) is 3.08. The van der Waals surface area contributed by atoms with Gasteiger partial charge in [-0.25, -0.2) is 4.98 Å². The summed E-state index contributed by atoms with van der Waals surface area (Å²) in [7, 11) is 0. The Morgan fingerprint density at radius 3 is 2.89 bits per heavy atom. The van der Waals surface area contributed by atoms with Crippen LogP contribution in [0, 0.1) is 0 Å². The molecular formula is C14H18ClN3O. The van der Waals surface area contributed by atoms with Gasteiger partial charge in [0.25, 0.3) is 0 Å². The number of fused-ring (bicyclic) bond motifs is 1. The number of halogens is 1. The zero-order valence-corrected chi connectivity index (χ0v) is 11.9. The number of Topliss-reactive ketones (excluding diaryl/α,β-unsaturated/α-hetero) is 1. The van der Waals surface area contributed by atoms with E-state index in [0.717, 1.165) is 23.3 Å². The van der Waals surface area contributed by atoms with E-state index in [0.29, 0.717) is 18.0 Å². The van der Waals surface area contributed by atoms with Crippen molar-refractivity contribution < 1.29 is 4.79 Å². The molecule has 0 aliphatic rings. The van der Waals surface area contributed by atoms with Gasteiger partial charge in [0, 0.05) is 18.0 Å². The lowest BCUT2D eigenvalue weighted by Crippen LogP contribution is -2.16. The molecule has 2 aromatic rings. The summed E-state index contributed by atoms with van der Waals surface area (Å²) >= 11 is 5.99. The minimum atomic E-state index is -0.127. The van der Waals surface area contributed by atoms with E-state index in [1.165, 1.54) is 0 Å². The third-order valence-corrected chi connectivity index (χ3v) is 3.43. The van der Waals surface area contributed by atoms with Gasteiger partial charge in [-0.2, -0.15) is 0 Å². The van der Waals surface area contributed by atoms with Crippen LogP contribution in [-0.4, -0.2) is 15.3 Å². The Balaban J connectivity index is 2.51. The molecule has 0 saturated heterocycles. The number of nitrogens with zero attached hydrogens (tertiary/aromatic N) is 2. The Morgan fingerprint density at radius 1 is 1.53 bits per heavy atom. The molecule has 0 aliphatic carbocycles. The molecular weight excluding hydrogens is 262 g/mol. The zero-order chi connectivity index (χ0) is 14.0. The lowest BCUT2D eigenvalue weighted by atomic mass is 10.2. The second kappa shape index (κ2) is 5.72. The Kier molecular flexibility index (Phi) is 4.22. The molecule has 102 valence electrons. The highest BCUT2D eigenvalue weighted by Gasteiger charge is 2.16. The minimum Gasteiger partial charge on any atom is -0.326 e. The maximum absolute atomic E-state index is 11.2. The van der Waals surface area contributed by atoms with Crippen LogP contribution in [0.2, 0.25) is 5.02 Å². The van der Waals surface area contributed by atoms with Crippen molar-refractivity contribution in [1.82, 2.24) is 9.55 Å². The first kappa shape index (κ1) is 14.0. The number of aromatic nitrogens is 2. The molecule has 4 nitrogen and oxygen atoms in total. The van der Waals surface area contributed by atoms with Crippen molar-refractivity contribution in [3.63, 3.8) is 0 Å². The maximum atomic E-state index is 11.2. The summed E-state index contributed by atoms with van der Waals surface area (Å²) in [6.45, 7) is 4.22. The summed E-state index contributed by atoms with van der Waals surface area (Å²) in [4.78, 5) is 15.8. The van der Waals surface area contributed by atoms with Crippen molar-refractivity contribution >= 4 is 28.4 Å². The number of hydrogen-bond donors (Lipinski definition) is 1. The van der Waals surface area contributed by atoms with E-state index in [1.807, 2.05) is 29.7 Å². The minimum absolute atomic E-state index is 0.127. The van der Waals surface area contributed by atoms with Crippen LogP contribution in [0.5, 0.6) is 0 Å². The van der Waals surface area contributed by atoms with Gasteiger partial charge in [0.1, 0.15) is 11.6 Å². The maximum Gasteiger partial charge on any atom is 0.131 e. The highest BCUT2D eigenvalue weighted by molar-refractivity contribution is 6.31. The second-order valence-corrected chi connectivity index (χ2v) is 5.16. The smallest absolute Gasteiger partial charge is 0.131 e. The third kappa shape index (κ3) is 2.96. The van der Waals surface area contributed by atoms with Gasteiger partial charge >= 0.3 is 0 Å². The first-order chi connectivity index (χ1) is 9.02. The molecule has 0 radical (unpaired) electrons. The number of aryl methyl sites for hydroxylation is 1. The summed E-state index contributed by atoms with van der Waals surface area (Å²) in [5.74, 6) is 0.979. The molecule has 0 aliphatic heterocycles. The van der Waals surface area contributed by atoms with Gasteiger partial charge in [-0.1, -0.05) is 18.5 Å². The molecule has 0 spiro atoms. The largest absolute Gasteiger partial charge is 0.326 e.